The molecule has 114 valence electrons. The highest BCUT2D eigenvalue weighted by atomic mass is 14.4. The number of rotatable bonds is 5. The van der Waals surface area contributed by atoms with E-state index in [0.29, 0.717) is 5.41 Å². The molecular weight excluding hydrogens is 240 g/mol. The summed E-state index contributed by atoms with van der Waals surface area (Å²) in [6.45, 7) is 4.46. The Balaban J connectivity index is 2.00. The van der Waals surface area contributed by atoms with Gasteiger partial charge in [0.2, 0.25) is 0 Å². The van der Waals surface area contributed by atoms with Crippen LogP contribution in [-0.4, -0.2) is 0 Å². The fourth-order valence-corrected chi connectivity index (χ4v) is 4.71. The van der Waals surface area contributed by atoms with Crippen molar-refractivity contribution in [2.45, 2.75) is 84.5 Å². The lowest BCUT2D eigenvalue weighted by Crippen LogP contribution is -2.34. The van der Waals surface area contributed by atoms with Crippen LogP contribution in [0.1, 0.15) is 84.5 Å². The van der Waals surface area contributed by atoms with Crippen LogP contribution < -0.4 is 0 Å². The van der Waals surface area contributed by atoms with Crippen molar-refractivity contribution < 1.29 is 0 Å². The largest absolute Gasteiger partial charge is 0.0877 e. The first-order chi connectivity index (χ1) is 9.80. The van der Waals surface area contributed by atoms with Crippen LogP contribution in [-0.2, 0) is 0 Å². The van der Waals surface area contributed by atoms with Crippen LogP contribution in [0, 0.1) is 17.3 Å². The minimum atomic E-state index is 0.551. The molecule has 0 N–H and O–H groups in total. The Morgan fingerprint density at radius 3 is 2.25 bits per heavy atom. The van der Waals surface area contributed by atoms with E-state index in [1.807, 2.05) is 0 Å². The summed E-state index contributed by atoms with van der Waals surface area (Å²) in [5, 5.41) is 0. The second kappa shape index (κ2) is 8.05. The molecule has 2 fully saturated rings. The van der Waals surface area contributed by atoms with Gasteiger partial charge in [0.1, 0.15) is 0 Å². The Morgan fingerprint density at radius 2 is 1.65 bits per heavy atom. The van der Waals surface area contributed by atoms with Crippen molar-refractivity contribution in [3.8, 4) is 0 Å². The number of hydrogen-bond acceptors (Lipinski definition) is 0. The Hall–Kier alpha value is -0.520. The van der Waals surface area contributed by atoms with E-state index in [9.17, 15) is 0 Å². The molecule has 0 saturated heterocycles. The minimum Gasteiger partial charge on any atom is -0.0877 e. The second-order valence-electron chi connectivity index (χ2n) is 7.19. The normalized spacial score (nSPS) is 31.1. The van der Waals surface area contributed by atoms with Gasteiger partial charge in [-0.1, -0.05) is 76.2 Å². The van der Waals surface area contributed by atoms with Crippen molar-refractivity contribution in [2.75, 3.05) is 0 Å². The molecule has 0 heterocycles. The van der Waals surface area contributed by atoms with Gasteiger partial charge in [0.25, 0.3) is 0 Å². The molecule has 0 aromatic rings. The smallest absolute Gasteiger partial charge is 0.00869 e. The molecule has 2 aliphatic carbocycles. The molecule has 0 bridgehead atoms. The zero-order chi connectivity index (χ0) is 14.3. The highest BCUT2D eigenvalue weighted by molar-refractivity contribution is 5.11. The van der Waals surface area contributed by atoms with Gasteiger partial charge in [0, 0.05) is 0 Å². The van der Waals surface area contributed by atoms with E-state index in [-0.39, 0.29) is 0 Å². The van der Waals surface area contributed by atoms with Crippen molar-refractivity contribution >= 4 is 0 Å². The van der Waals surface area contributed by atoms with E-state index < -0.39 is 0 Å². The molecule has 0 spiro atoms. The first-order valence-corrected chi connectivity index (χ1v) is 9.11. The van der Waals surface area contributed by atoms with Crippen molar-refractivity contribution in [1.29, 1.82) is 0 Å². The van der Waals surface area contributed by atoms with Gasteiger partial charge in [0.05, 0.1) is 0 Å². The predicted molar refractivity (Wildman–Crippen MR) is 89.8 cm³/mol. The molecule has 2 saturated carbocycles. The molecular formula is C20H34. The standard InChI is InChI=1S/C20H34/c1-3-5-7-15-20(16-8-6-9-17-20)19-13-11-18(10-4-2)12-14-19/h3,5,7,15,18-19H,4,6,8-14,16-17H2,1-2H3. The van der Waals surface area contributed by atoms with Crippen molar-refractivity contribution in [3.63, 3.8) is 0 Å². The maximum atomic E-state index is 2.59. The summed E-state index contributed by atoms with van der Waals surface area (Å²) in [7, 11) is 0. The Bertz CT molecular complexity index is 309. The van der Waals surface area contributed by atoms with Gasteiger partial charge < -0.3 is 0 Å². The first kappa shape index (κ1) is 15.9. The number of hydrogen-bond donors (Lipinski definition) is 0. The van der Waals surface area contributed by atoms with Crippen LogP contribution in [0.15, 0.2) is 24.3 Å². The second-order valence-corrected chi connectivity index (χ2v) is 7.19. The van der Waals surface area contributed by atoms with Crippen molar-refractivity contribution in [3.05, 3.63) is 24.3 Å². The molecule has 0 heteroatoms. The van der Waals surface area contributed by atoms with Crippen LogP contribution in [0.5, 0.6) is 0 Å². The molecule has 0 aromatic carbocycles. The topological polar surface area (TPSA) is 0 Å². The highest BCUT2D eigenvalue weighted by Gasteiger charge is 2.38. The van der Waals surface area contributed by atoms with Gasteiger partial charge in [-0.05, 0) is 49.9 Å². The molecule has 0 nitrogen and oxygen atoms in total. The summed E-state index contributed by atoms with van der Waals surface area (Å²) in [6, 6.07) is 0. The van der Waals surface area contributed by atoms with Crippen LogP contribution in [0.2, 0.25) is 0 Å². The highest BCUT2D eigenvalue weighted by Crippen LogP contribution is 2.50. The molecule has 0 aromatic heterocycles. The summed E-state index contributed by atoms with van der Waals surface area (Å²) < 4.78 is 0. The molecule has 0 unspecified atom stereocenters. The molecule has 0 aliphatic heterocycles. The number of allylic oxidation sites excluding steroid dienone is 4. The van der Waals surface area contributed by atoms with E-state index in [0.717, 1.165) is 11.8 Å². The fourth-order valence-electron chi connectivity index (χ4n) is 4.71. The van der Waals surface area contributed by atoms with Gasteiger partial charge in [-0.2, -0.15) is 0 Å². The lowest BCUT2D eigenvalue weighted by Gasteiger charge is -2.45. The van der Waals surface area contributed by atoms with Crippen molar-refractivity contribution in [1.82, 2.24) is 0 Å². The summed E-state index contributed by atoms with van der Waals surface area (Å²) in [4.78, 5) is 0. The summed E-state index contributed by atoms with van der Waals surface area (Å²) in [5.74, 6) is 2.01. The average molecular weight is 274 g/mol. The third-order valence-electron chi connectivity index (χ3n) is 5.87. The van der Waals surface area contributed by atoms with Crippen LogP contribution in [0.4, 0.5) is 0 Å². The third-order valence-corrected chi connectivity index (χ3v) is 5.87. The van der Waals surface area contributed by atoms with E-state index >= 15 is 0 Å². The lowest BCUT2D eigenvalue weighted by molar-refractivity contribution is 0.0990. The Kier molecular flexibility index (Phi) is 6.39. The molecule has 2 rings (SSSR count). The van der Waals surface area contributed by atoms with Gasteiger partial charge in [0.15, 0.2) is 0 Å². The zero-order valence-electron chi connectivity index (χ0n) is 13.7. The molecule has 20 heavy (non-hydrogen) atoms. The van der Waals surface area contributed by atoms with E-state index in [1.165, 1.54) is 70.6 Å². The van der Waals surface area contributed by atoms with Crippen LogP contribution in [0.25, 0.3) is 0 Å². The third kappa shape index (κ3) is 3.99. The zero-order valence-corrected chi connectivity index (χ0v) is 13.7. The summed E-state index contributed by atoms with van der Waals surface area (Å²) in [5.41, 5.74) is 0.551. The Morgan fingerprint density at radius 1 is 0.950 bits per heavy atom. The summed E-state index contributed by atoms with van der Waals surface area (Å²) in [6.07, 6.45) is 25.4. The maximum absolute atomic E-state index is 2.59. The SMILES string of the molecule is CC=CC=CC1(C2CCC(CCC)CC2)CCCCC1. The van der Waals surface area contributed by atoms with Gasteiger partial charge in [-0.25, -0.2) is 0 Å². The van der Waals surface area contributed by atoms with Gasteiger partial charge in [-0.3, -0.25) is 0 Å². The first-order valence-electron chi connectivity index (χ1n) is 9.11. The predicted octanol–water partition coefficient (Wildman–Crippen LogP) is 6.68. The van der Waals surface area contributed by atoms with Crippen LogP contribution in [0.3, 0.4) is 0 Å². The molecule has 0 amide bonds. The summed E-state index contributed by atoms with van der Waals surface area (Å²) >= 11 is 0. The van der Waals surface area contributed by atoms with Crippen molar-refractivity contribution in [2.24, 2.45) is 17.3 Å². The van der Waals surface area contributed by atoms with Crippen LogP contribution >= 0.6 is 0 Å². The Labute approximate surface area is 126 Å². The fraction of sp³-hybridized carbons (Fsp3) is 0.800. The average Bonchev–Trinajstić information content (AvgIpc) is 2.50. The van der Waals surface area contributed by atoms with E-state index in [1.54, 1.807) is 0 Å². The minimum absolute atomic E-state index is 0.551. The quantitative estimate of drug-likeness (QED) is 0.491. The molecule has 0 atom stereocenters. The molecule has 2 aliphatic rings. The van der Waals surface area contributed by atoms with E-state index in [4.69, 9.17) is 0 Å². The maximum Gasteiger partial charge on any atom is -0.00869 e. The monoisotopic (exact) mass is 274 g/mol. The van der Waals surface area contributed by atoms with Gasteiger partial charge >= 0.3 is 0 Å². The van der Waals surface area contributed by atoms with E-state index in [2.05, 4.69) is 38.2 Å². The lowest BCUT2D eigenvalue weighted by atomic mass is 9.60. The molecule has 0 radical (unpaired) electrons. The van der Waals surface area contributed by atoms with Gasteiger partial charge in [-0.15, -0.1) is 0 Å².